The molecular weight excluding hydrogens is 224 g/mol. The molecule has 1 heterocycles. The molecule has 1 atom stereocenters. The van der Waals surface area contributed by atoms with Gasteiger partial charge in [0.15, 0.2) is 0 Å². The number of benzene rings is 1. The molecule has 0 bridgehead atoms. The van der Waals surface area contributed by atoms with Crippen molar-refractivity contribution < 1.29 is 4.79 Å². The van der Waals surface area contributed by atoms with Crippen molar-refractivity contribution in [2.24, 2.45) is 0 Å². The molecule has 1 unspecified atom stereocenters. The monoisotopic (exact) mass is 238 g/mol. The molecule has 0 aliphatic carbocycles. The minimum Gasteiger partial charge on any atom is -0.322 e. The Kier molecular flexibility index (Phi) is 3.46. The fraction of sp³-hybridized carbons (Fsp3) is 0.417. The van der Waals surface area contributed by atoms with Gasteiger partial charge >= 0.3 is 0 Å². The van der Waals surface area contributed by atoms with Gasteiger partial charge in [-0.15, -0.1) is 0 Å². The van der Waals surface area contributed by atoms with Crippen LogP contribution in [0, 0.1) is 0 Å². The van der Waals surface area contributed by atoms with Crippen LogP contribution in [0.2, 0.25) is 5.02 Å². The number of hydrogen-bond donors (Lipinski definition) is 1. The zero-order valence-electron chi connectivity index (χ0n) is 9.24. The SMILES string of the molecule is CCCN1C(=O)CNC1c1ccc(Cl)cc1. The number of rotatable bonds is 3. The highest BCUT2D eigenvalue weighted by molar-refractivity contribution is 6.30. The van der Waals surface area contributed by atoms with Crippen LogP contribution in [0.1, 0.15) is 25.1 Å². The van der Waals surface area contributed by atoms with Crippen LogP contribution in [0.15, 0.2) is 24.3 Å². The van der Waals surface area contributed by atoms with Gasteiger partial charge in [0, 0.05) is 11.6 Å². The summed E-state index contributed by atoms with van der Waals surface area (Å²) in [7, 11) is 0. The summed E-state index contributed by atoms with van der Waals surface area (Å²) in [6, 6.07) is 7.62. The fourth-order valence-electron chi connectivity index (χ4n) is 1.98. The summed E-state index contributed by atoms with van der Waals surface area (Å²) < 4.78 is 0. The van der Waals surface area contributed by atoms with Crippen molar-refractivity contribution in [2.75, 3.05) is 13.1 Å². The van der Waals surface area contributed by atoms with Crippen LogP contribution in [0.4, 0.5) is 0 Å². The van der Waals surface area contributed by atoms with Gasteiger partial charge in [0.1, 0.15) is 6.17 Å². The van der Waals surface area contributed by atoms with Crippen LogP contribution >= 0.6 is 11.6 Å². The van der Waals surface area contributed by atoms with E-state index in [0.29, 0.717) is 6.54 Å². The molecule has 1 N–H and O–H groups in total. The van der Waals surface area contributed by atoms with Crippen LogP contribution in [-0.2, 0) is 4.79 Å². The Balaban J connectivity index is 2.19. The molecule has 1 aromatic rings. The van der Waals surface area contributed by atoms with Crippen molar-refractivity contribution in [1.29, 1.82) is 0 Å². The van der Waals surface area contributed by atoms with E-state index in [0.717, 1.165) is 23.6 Å². The molecule has 0 spiro atoms. The largest absolute Gasteiger partial charge is 0.322 e. The molecule has 0 radical (unpaired) electrons. The van der Waals surface area contributed by atoms with E-state index in [9.17, 15) is 4.79 Å². The van der Waals surface area contributed by atoms with E-state index in [1.165, 1.54) is 0 Å². The van der Waals surface area contributed by atoms with Crippen LogP contribution < -0.4 is 5.32 Å². The molecule has 1 aromatic carbocycles. The highest BCUT2D eigenvalue weighted by Gasteiger charge is 2.30. The molecule has 4 heteroatoms. The summed E-state index contributed by atoms with van der Waals surface area (Å²) in [6.45, 7) is 3.29. The van der Waals surface area contributed by atoms with Gasteiger partial charge < -0.3 is 4.90 Å². The normalized spacial score (nSPS) is 20.5. The third-order valence-electron chi connectivity index (χ3n) is 2.73. The third-order valence-corrected chi connectivity index (χ3v) is 2.98. The van der Waals surface area contributed by atoms with E-state index >= 15 is 0 Å². The van der Waals surface area contributed by atoms with Gasteiger partial charge in [0.25, 0.3) is 0 Å². The number of nitrogens with one attached hydrogen (secondary N) is 1. The lowest BCUT2D eigenvalue weighted by molar-refractivity contribution is -0.128. The first-order chi connectivity index (χ1) is 7.72. The fourth-order valence-corrected chi connectivity index (χ4v) is 2.10. The van der Waals surface area contributed by atoms with Crippen molar-refractivity contribution >= 4 is 17.5 Å². The standard InChI is InChI=1S/C12H15ClN2O/c1-2-7-15-11(16)8-14-12(15)9-3-5-10(13)6-4-9/h3-6,12,14H,2,7-8H2,1H3. The molecule has 0 saturated carbocycles. The second kappa shape index (κ2) is 4.85. The second-order valence-corrected chi connectivity index (χ2v) is 4.36. The van der Waals surface area contributed by atoms with E-state index in [-0.39, 0.29) is 12.1 Å². The lowest BCUT2D eigenvalue weighted by atomic mass is 10.1. The smallest absolute Gasteiger partial charge is 0.238 e. The van der Waals surface area contributed by atoms with Crippen LogP contribution in [0.5, 0.6) is 0 Å². The minimum absolute atomic E-state index is 0.00437. The Morgan fingerprint density at radius 1 is 1.44 bits per heavy atom. The second-order valence-electron chi connectivity index (χ2n) is 3.92. The minimum atomic E-state index is 0.00437. The maximum Gasteiger partial charge on any atom is 0.238 e. The Morgan fingerprint density at radius 2 is 2.12 bits per heavy atom. The van der Waals surface area contributed by atoms with Gasteiger partial charge in [-0.05, 0) is 24.1 Å². The predicted molar refractivity (Wildman–Crippen MR) is 64.2 cm³/mol. The maximum absolute atomic E-state index is 11.7. The number of nitrogens with zero attached hydrogens (tertiary/aromatic N) is 1. The Hall–Kier alpha value is -1.06. The van der Waals surface area contributed by atoms with Crippen LogP contribution in [-0.4, -0.2) is 23.9 Å². The first-order valence-electron chi connectivity index (χ1n) is 5.50. The highest BCUT2D eigenvalue weighted by atomic mass is 35.5. The summed E-state index contributed by atoms with van der Waals surface area (Å²) in [5.74, 6) is 0.168. The van der Waals surface area contributed by atoms with Gasteiger partial charge in [0.2, 0.25) is 5.91 Å². The molecule has 86 valence electrons. The van der Waals surface area contributed by atoms with Gasteiger partial charge in [-0.3, -0.25) is 10.1 Å². The molecule has 1 fully saturated rings. The Bertz CT molecular complexity index is 377. The zero-order chi connectivity index (χ0) is 11.5. The molecule has 0 aromatic heterocycles. The average Bonchev–Trinajstić information content (AvgIpc) is 2.63. The van der Waals surface area contributed by atoms with E-state index in [1.54, 1.807) is 0 Å². The van der Waals surface area contributed by atoms with Gasteiger partial charge in [0.05, 0.1) is 6.54 Å². The quantitative estimate of drug-likeness (QED) is 0.876. The van der Waals surface area contributed by atoms with Crippen molar-refractivity contribution in [1.82, 2.24) is 10.2 Å². The molecule has 1 amide bonds. The van der Waals surface area contributed by atoms with Crippen molar-refractivity contribution in [3.8, 4) is 0 Å². The highest BCUT2D eigenvalue weighted by Crippen LogP contribution is 2.23. The van der Waals surface area contributed by atoms with Crippen molar-refractivity contribution in [3.63, 3.8) is 0 Å². The molecule has 1 saturated heterocycles. The molecular formula is C12H15ClN2O. The maximum atomic E-state index is 11.7. The number of carbonyl (C=O) groups is 1. The molecule has 1 aliphatic heterocycles. The van der Waals surface area contributed by atoms with E-state index in [4.69, 9.17) is 11.6 Å². The molecule has 1 aliphatic rings. The van der Waals surface area contributed by atoms with E-state index in [2.05, 4.69) is 12.2 Å². The Labute approximate surface area is 100 Å². The van der Waals surface area contributed by atoms with Gasteiger partial charge in [-0.1, -0.05) is 30.7 Å². The topological polar surface area (TPSA) is 32.3 Å². The number of carbonyl (C=O) groups excluding carboxylic acids is 1. The predicted octanol–water partition coefficient (Wildman–Crippen LogP) is 2.18. The van der Waals surface area contributed by atoms with Crippen molar-refractivity contribution in [3.05, 3.63) is 34.9 Å². The van der Waals surface area contributed by atoms with Crippen LogP contribution in [0.3, 0.4) is 0 Å². The zero-order valence-corrected chi connectivity index (χ0v) is 10.00. The summed E-state index contributed by atoms with van der Waals surface area (Å²) >= 11 is 5.84. The number of amides is 1. The molecule has 2 rings (SSSR count). The summed E-state index contributed by atoms with van der Waals surface area (Å²) in [5, 5.41) is 3.93. The summed E-state index contributed by atoms with van der Waals surface area (Å²) in [4.78, 5) is 13.5. The number of halogens is 1. The Morgan fingerprint density at radius 3 is 2.75 bits per heavy atom. The first kappa shape index (κ1) is 11.4. The van der Waals surface area contributed by atoms with Gasteiger partial charge in [-0.25, -0.2) is 0 Å². The third kappa shape index (κ3) is 2.20. The van der Waals surface area contributed by atoms with E-state index in [1.807, 2.05) is 29.2 Å². The summed E-state index contributed by atoms with van der Waals surface area (Å²) in [5.41, 5.74) is 1.09. The van der Waals surface area contributed by atoms with Crippen LogP contribution in [0.25, 0.3) is 0 Å². The first-order valence-corrected chi connectivity index (χ1v) is 5.88. The lowest BCUT2D eigenvalue weighted by Crippen LogP contribution is -2.30. The van der Waals surface area contributed by atoms with Crippen molar-refractivity contribution in [2.45, 2.75) is 19.5 Å². The number of hydrogen-bond acceptors (Lipinski definition) is 2. The molecule has 3 nitrogen and oxygen atoms in total. The summed E-state index contributed by atoms with van der Waals surface area (Å²) in [6.07, 6.45) is 0.974. The lowest BCUT2D eigenvalue weighted by Gasteiger charge is -2.24. The van der Waals surface area contributed by atoms with Gasteiger partial charge in [-0.2, -0.15) is 0 Å². The average molecular weight is 239 g/mol. The van der Waals surface area contributed by atoms with E-state index < -0.39 is 0 Å². The molecule has 16 heavy (non-hydrogen) atoms.